The minimum absolute atomic E-state index is 0.0853. The van der Waals surface area contributed by atoms with Crippen LogP contribution in [0.5, 0.6) is 11.5 Å². The van der Waals surface area contributed by atoms with E-state index in [1.54, 1.807) is 59.5 Å². The van der Waals surface area contributed by atoms with Gasteiger partial charge in [-0.3, -0.25) is 9.59 Å². The zero-order valence-corrected chi connectivity index (χ0v) is 29.8. The van der Waals surface area contributed by atoms with Gasteiger partial charge in [0.15, 0.2) is 0 Å². The summed E-state index contributed by atoms with van der Waals surface area (Å²) in [5, 5.41) is 36.9. The summed E-state index contributed by atoms with van der Waals surface area (Å²) in [6.45, 7) is 1.54. The fourth-order valence-electron chi connectivity index (χ4n) is 6.36. The standard InChI is InChI=1S/C43H41FN4O7/c44-33-16-12-28(13-17-33)26-48(23-5-22-45-25-38(50)35-18-20-37(49)41-36(35)19-21-39(51)46-41)42(52)31-14-10-29(11-15-31)27-55-34-9-4-8-32(24-34)40(47-43(53)54)30-6-2-1-3-7-30/h1-4,6-21,24,38,40,45,47,49-50H,5,22-23,25-27H2,(H,46,51)(H,53,54)/t38-,40?/m1/s1. The third kappa shape index (κ3) is 10.1. The van der Waals surface area contributed by atoms with Gasteiger partial charge in [0, 0.05) is 36.7 Å². The fourth-order valence-corrected chi connectivity index (χ4v) is 6.36. The van der Waals surface area contributed by atoms with Crippen molar-refractivity contribution in [3.63, 3.8) is 0 Å². The number of fused-ring (bicyclic) bond motifs is 1. The van der Waals surface area contributed by atoms with Gasteiger partial charge < -0.3 is 40.6 Å². The molecule has 282 valence electrons. The Morgan fingerprint density at radius 3 is 2.31 bits per heavy atom. The second-order valence-corrected chi connectivity index (χ2v) is 13.1. The zero-order valence-electron chi connectivity index (χ0n) is 29.8. The number of hydrogen-bond donors (Lipinski definition) is 6. The molecular formula is C43H41FN4O7. The maximum absolute atomic E-state index is 13.8. The predicted molar refractivity (Wildman–Crippen MR) is 206 cm³/mol. The fraction of sp³-hybridized carbons (Fsp3) is 0.186. The molecule has 1 aromatic heterocycles. The molecule has 0 aliphatic rings. The van der Waals surface area contributed by atoms with E-state index in [0.717, 1.165) is 22.3 Å². The van der Waals surface area contributed by atoms with E-state index in [9.17, 15) is 34.1 Å². The molecule has 55 heavy (non-hydrogen) atoms. The van der Waals surface area contributed by atoms with Crippen molar-refractivity contribution in [3.05, 3.63) is 177 Å². The highest BCUT2D eigenvalue weighted by atomic mass is 19.1. The van der Waals surface area contributed by atoms with Crippen LogP contribution in [-0.2, 0) is 13.2 Å². The summed E-state index contributed by atoms with van der Waals surface area (Å²) in [6, 6.07) is 35.0. The number of pyridine rings is 1. The number of hydrogen-bond acceptors (Lipinski definition) is 7. The Balaban J connectivity index is 1.07. The Morgan fingerprint density at radius 2 is 1.56 bits per heavy atom. The molecule has 0 aliphatic heterocycles. The van der Waals surface area contributed by atoms with E-state index in [1.165, 1.54) is 24.3 Å². The van der Waals surface area contributed by atoms with Gasteiger partial charge in [-0.15, -0.1) is 0 Å². The molecule has 0 bridgehead atoms. The Labute approximate surface area is 316 Å². The number of phenols is 1. The van der Waals surface area contributed by atoms with E-state index in [1.807, 2.05) is 48.5 Å². The lowest BCUT2D eigenvalue weighted by molar-refractivity contribution is 0.0740. The molecule has 1 unspecified atom stereocenters. The van der Waals surface area contributed by atoms with Crippen molar-refractivity contribution in [1.82, 2.24) is 20.5 Å². The number of aliphatic hydroxyl groups is 1. The summed E-state index contributed by atoms with van der Waals surface area (Å²) in [5.41, 5.74) is 4.04. The molecule has 0 spiro atoms. The average Bonchev–Trinajstić information content (AvgIpc) is 3.20. The molecule has 6 aromatic rings. The number of benzene rings is 5. The van der Waals surface area contributed by atoms with E-state index >= 15 is 0 Å². The third-order valence-electron chi connectivity index (χ3n) is 9.16. The monoisotopic (exact) mass is 744 g/mol. The number of aromatic amines is 1. The topological polar surface area (TPSA) is 164 Å². The lowest BCUT2D eigenvalue weighted by atomic mass is 9.98. The molecule has 11 nitrogen and oxygen atoms in total. The number of nitrogens with one attached hydrogen (secondary N) is 3. The largest absolute Gasteiger partial charge is 0.506 e. The molecule has 0 aliphatic carbocycles. The summed E-state index contributed by atoms with van der Waals surface area (Å²) >= 11 is 0. The molecular weight excluding hydrogens is 703 g/mol. The number of aromatic nitrogens is 1. The second kappa shape index (κ2) is 18.0. The first-order valence-corrected chi connectivity index (χ1v) is 17.8. The van der Waals surface area contributed by atoms with Gasteiger partial charge in [0.2, 0.25) is 5.56 Å². The number of aliphatic hydroxyl groups excluding tert-OH is 1. The summed E-state index contributed by atoms with van der Waals surface area (Å²) in [4.78, 5) is 41.4. The highest BCUT2D eigenvalue weighted by Gasteiger charge is 2.19. The van der Waals surface area contributed by atoms with Crippen molar-refractivity contribution in [1.29, 1.82) is 0 Å². The van der Waals surface area contributed by atoms with Crippen molar-refractivity contribution in [2.24, 2.45) is 0 Å². The van der Waals surface area contributed by atoms with Crippen LogP contribution in [0.2, 0.25) is 0 Å². The number of phenolic OH excluding ortho intramolecular Hbond substituents is 1. The molecule has 0 fully saturated rings. The number of H-pyrrole nitrogens is 1. The van der Waals surface area contributed by atoms with E-state index in [2.05, 4.69) is 15.6 Å². The Morgan fingerprint density at radius 1 is 0.836 bits per heavy atom. The molecule has 0 radical (unpaired) electrons. The van der Waals surface area contributed by atoms with Gasteiger partial charge in [-0.25, -0.2) is 9.18 Å². The van der Waals surface area contributed by atoms with Crippen LogP contribution in [0.1, 0.15) is 56.7 Å². The highest BCUT2D eigenvalue weighted by Crippen LogP contribution is 2.29. The number of carbonyl (C=O) groups excluding carboxylic acids is 1. The molecule has 6 rings (SSSR count). The lowest BCUT2D eigenvalue weighted by Crippen LogP contribution is -2.33. The summed E-state index contributed by atoms with van der Waals surface area (Å²) in [6.07, 6.45) is -1.50. The van der Waals surface area contributed by atoms with Crippen LogP contribution in [0.25, 0.3) is 10.9 Å². The minimum atomic E-state index is -1.14. The van der Waals surface area contributed by atoms with Crippen LogP contribution in [0.3, 0.4) is 0 Å². The second-order valence-electron chi connectivity index (χ2n) is 13.1. The number of nitrogens with zero attached hydrogens (tertiary/aromatic N) is 1. The summed E-state index contributed by atoms with van der Waals surface area (Å²) in [7, 11) is 0. The Hall–Kier alpha value is -6.50. The normalized spacial score (nSPS) is 12.2. The van der Waals surface area contributed by atoms with Crippen molar-refractivity contribution in [2.45, 2.75) is 31.7 Å². The van der Waals surface area contributed by atoms with Crippen LogP contribution in [0.4, 0.5) is 9.18 Å². The lowest BCUT2D eigenvalue weighted by Gasteiger charge is -2.24. The van der Waals surface area contributed by atoms with E-state index in [-0.39, 0.29) is 48.2 Å². The van der Waals surface area contributed by atoms with Crippen LogP contribution in [0.15, 0.2) is 132 Å². The number of rotatable bonds is 16. The van der Waals surface area contributed by atoms with Crippen LogP contribution < -0.4 is 20.9 Å². The van der Waals surface area contributed by atoms with E-state index in [4.69, 9.17) is 4.74 Å². The number of ether oxygens (including phenoxy) is 1. The van der Waals surface area contributed by atoms with E-state index < -0.39 is 18.2 Å². The number of amides is 2. The van der Waals surface area contributed by atoms with Gasteiger partial charge in [-0.2, -0.15) is 0 Å². The van der Waals surface area contributed by atoms with Gasteiger partial charge in [0.1, 0.15) is 23.9 Å². The molecule has 0 saturated heterocycles. The maximum Gasteiger partial charge on any atom is 0.405 e. The van der Waals surface area contributed by atoms with Gasteiger partial charge in [-0.1, -0.05) is 72.8 Å². The smallest absolute Gasteiger partial charge is 0.405 e. The van der Waals surface area contributed by atoms with Crippen molar-refractivity contribution in [3.8, 4) is 11.5 Å². The van der Waals surface area contributed by atoms with Crippen molar-refractivity contribution < 1.29 is 34.0 Å². The molecule has 0 saturated carbocycles. The molecule has 1 heterocycles. The Bertz CT molecular complexity index is 2280. The molecule has 12 heteroatoms. The molecule has 2 amide bonds. The number of aromatic hydroxyl groups is 1. The first-order chi connectivity index (χ1) is 26.6. The number of carbonyl (C=O) groups is 2. The number of carboxylic acid groups (broad SMARTS) is 1. The van der Waals surface area contributed by atoms with Gasteiger partial charge >= 0.3 is 6.09 Å². The van der Waals surface area contributed by atoms with Crippen LogP contribution in [0, 0.1) is 5.82 Å². The van der Waals surface area contributed by atoms with Crippen molar-refractivity contribution in [2.75, 3.05) is 19.6 Å². The molecule has 2 atom stereocenters. The maximum atomic E-state index is 13.8. The Kier molecular flexibility index (Phi) is 12.5. The predicted octanol–water partition coefficient (Wildman–Crippen LogP) is 6.66. The summed E-state index contributed by atoms with van der Waals surface area (Å²) < 4.78 is 19.7. The average molecular weight is 745 g/mol. The first kappa shape index (κ1) is 38.2. The SMILES string of the molecule is O=C(O)NC(c1ccccc1)c1cccc(OCc2ccc(C(=O)N(CCCNC[C@@H](O)c3ccc(O)c4[nH]c(=O)ccc34)Cc3ccc(F)cc3)cc2)c1. The van der Waals surface area contributed by atoms with Crippen LogP contribution >= 0.6 is 0 Å². The summed E-state index contributed by atoms with van der Waals surface area (Å²) in [5.74, 6) is -0.0929. The van der Waals surface area contributed by atoms with Gasteiger partial charge in [-0.05, 0) is 89.3 Å². The molecule has 5 aromatic carbocycles. The third-order valence-corrected chi connectivity index (χ3v) is 9.16. The quantitative estimate of drug-likeness (QED) is 0.0599. The zero-order chi connectivity index (χ0) is 38.7. The highest BCUT2D eigenvalue weighted by molar-refractivity contribution is 5.94. The van der Waals surface area contributed by atoms with Crippen LogP contribution in [-0.4, -0.2) is 56.8 Å². The van der Waals surface area contributed by atoms with E-state index in [0.29, 0.717) is 41.8 Å². The number of halogens is 1. The van der Waals surface area contributed by atoms with Gasteiger partial charge in [0.05, 0.1) is 17.7 Å². The molecule has 6 N–H and O–H groups in total. The first-order valence-electron chi connectivity index (χ1n) is 17.8. The van der Waals surface area contributed by atoms with Crippen molar-refractivity contribution >= 4 is 22.9 Å². The minimum Gasteiger partial charge on any atom is -0.506 e. The van der Waals surface area contributed by atoms with Gasteiger partial charge in [0.25, 0.3) is 5.91 Å².